The van der Waals surface area contributed by atoms with Gasteiger partial charge in [-0.05, 0) is 53.9 Å². The minimum absolute atomic E-state index is 0.0830. The summed E-state index contributed by atoms with van der Waals surface area (Å²) in [6.07, 6.45) is 2.61. The number of ether oxygens (including phenoxy) is 3. The number of methoxy groups -OCH3 is 1. The maximum Gasteiger partial charge on any atom is 0.306 e. The summed E-state index contributed by atoms with van der Waals surface area (Å²) in [7, 11) is 1.51. The van der Waals surface area contributed by atoms with Crippen LogP contribution in [-0.4, -0.2) is 35.9 Å². The maximum atomic E-state index is 11.3. The molecule has 0 spiro atoms. The van der Waals surface area contributed by atoms with Gasteiger partial charge in [-0.15, -0.1) is 0 Å². The Morgan fingerprint density at radius 2 is 2.04 bits per heavy atom. The zero-order valence-electron chi connectivity index (χ0n) is 14.8. The number of carbonyl (C=O) groups is 1. The summed E-state index contributed by atoms with van der Waals surface area (Å²) in [5, 5.41) is 10.7. The summed E-state index contributed by atoms with van der Waals surface area (Å²) in [4.78, 5) is 15.7. The zero-order valence-corrected chi connectivity index (χ0v) is 14.8. The smallest absolute Gasteiger partial charge is 0.306 e. The van der Waals surface area contributed by atoms with Gasteiger partial charge in [-0.1, -0.05) is 6.07 Å². The van der Waals surface area contributed by atoms with E-state index in [1.807, 2.05) is 30.3 Å². The van der Waals surface area contributed by atoms with Crippen LogP contribution in [0.5, 0.6) is 17.2 Å². The lowest BCUT2D eigenvalue weighted by molar-refractivity contribution is -0.142. The van der Waals surface area contributed by atoms with Gasteiger partial charge < -0.3 is 19.3 Å². The van der Waals surface area contributed by atoms with E-state index >= 15 is 0 Å². The average Bonchev–Trinajstić information content (AvgIpc) is 3.11. The van der Waals surface area contributed by atoms with Crippen molar-refractivity contribution in [3.05, 3.63) is 48.7 Å². The summed E-state index contributed by atoms with van der Waals surface area (Å²) in [5.41, 5.74) is 2.55. The normalized spacial score (nSPS) is 16.3. The van der Waals surface area contributed by atoms with Gasteiger partial charge in [0.25, 0.3) is 0 Å². The number of aromatic hydroxyl groups is 1. The molecule has 3 aromatic rings. The third kappa shape index (κ3) is 3.51. The molecule has 27 heavy (non-hydrogen) atoms. The lowest BCUT2D eigenvalue weighted by Crippen LogP contribution is -2.17. The van der Waals surface area contributed by atoms with Crippen LogP contribution in [0.15, 0.2) is 48.7 Å². The molecule has 0 saturated carbocycles. The van der Waals surface area contributed by atoms with Gasteiger partial charge in [-0.3, -0.25) is 9.78 Å². The van der Waals surface area contributed by atoms with Crippen LogP contribution in [0, 0.1) is 0 Å². The van der Waals surface area contributed by atoms with Crippen molar-refractivity contribution in [2.24, 2.45) is 0 Å². The highest BCUT2D eigenvalue weighted by molar-refractivity contribution is 5.90. The molecular weight excluding hydrogens is 346 g/mol. The Bertz CT molecular complexity index is 1000. The van der Waals surface area contributed by atoms with Crippen molar-refractivity contribution in [1.82, 2.24) is 4.98 Å². The Morgan fingerprint density at radius 1 is 1.19 bits per heavy atom. The van der Waals surface area contributed by atoms with Gasteiger partial charge in [0.05, 0.1) is 12.6 Å². The number of nitrogens with zero attached hydrogens (tertiary/aromatic N) is 1. The molecular formula is C21H19NO5. The lowest BCUT2D eigenvalue weighted by atomic mass is 10.0. The van der Waals surface area contributed by atoms with E-state index in [0.717, 1.165) is 22.0 Å². The molecule has 1 aliphatic rings. The molecule has 0 amide bonds. The van der Waals surface area contributed by atoms with Crippen molar-refractivity contribution in [2.45, 2.75) is 18.9 Å². The number of pyridine rings is 1. The van der Waals surface area contributed by atoms with E-state index in [0.29, 0.717) is 30.9 Å². The molecule has 0 bridgehead atoms. The summed E-state index contributed by atoms with van der Waals surface area (Å²) < 4.78 is 16.4. The minimum atomic E-state index is -0.221. The van der Waals surface area contributed by atoms with Crippen LogP contribution in [0.4, 0.5) is 0 Å². The number of benzene rings is 2. The number of phenolic OH excluding ortho intramolecular Hbond substituents is 1. The van der Waals surface area contributed by atoms with Gasteiger partial charge in [-0.25, -0.2) is 0 Å². The highest BCUT2D eigenvalue weighted by Gasteiger charge is 2.24. The van der Waals surface area contributed by atoms with E-state index in [1.165, 1.54) is 7.11 Å². The number of fused-ring (bicyclic) bond motifs is 1. The fraction of sp³-hybridized carbons (Fsp3) is 0.238. The molecule has 1 N–H and O–H groups in total. The van der Waals surface area contributed by atoms with E-state index in [1.54, 1.807) is 18.3 Å². The first-order chi connectivity index (χ1) is 13.1. The molecule has 2 heterocycles. The summed E-state index contributed by atoms with van der Waals surface area (Å²) in [6.45, 7) is 0.304. The number of carbonyl (C=O) groups excluding carboxylic acids is 1. The SMILES string of the molecule is COc1cc(-c2cc(OC[C@H]3CCC(=O)O3)c3cccnc3c2)ccc1O. The van der Waals surface area contributed by atoms with Crippen molar-refractivity contribution in [1.29, 1.82) is 0 Å². The number of cyclic esters (lactones) is 1. The maximum absolute atomic E-state index is 11.3. The topological polar surface area (TPSA) is 77.9 Å². The van der Waals surface area contributed by atoms with Crippen LogP contribution >= 0.6 is 0 Å². The second kappa shape index (κ2) is 7.15. The van der Waals surface area contributed by atoms with E-state index in [-0.39, 0.29) is 17.8 Å². The number of hydrogen-bond acceptors (Lipinski definition) is 6. The van der Waals surface area contributed by atoms with Crippen LogP contribution in [0.3, 0.4) is 0 Å². The Morgan fingerprint density at radius 3 is 2.81 bits per heavy atom. The molecule has 0 aliphatic carbocycles. The third-order valence-corrected chi connectivity index (χ3v) is 4.59. The van der Waals surface area contributed by atoms with Gasteiger partial charge in [0.1, 0.15) is 18.5 Å². The van der Waals surface area contributed by atoms with Gasteiger partial charge in [-0.2, -0.15) is 0 Å². The number of phenols is 1. The molecule has 1 aromatic heterocycles. The van der Waals surface area contributed by atoms with Gasteiger partial charge in [0.15, 0.2) is 11.5 Å². The number of aromatic nitrogens is 1. The molecule has 6 nitrogen and oxygen atoms in total. The van der Waals surface area contributed by atoms with E-state index in [9.17, 15) is 9.90 Å². The largest absolute Gasteiger partial charge is 0.504 e. The highest BCUT2D eigenvalue weighted by Crippen LogP contribution is 2.36. The van der Waals surface area contributed by atoms with Crippen molar-refractivity contribution >= 4 is 16.9 Å². The standard InChI is InChI=1S/C21H19NO5/c1-25-20-10-13(4-6-18(20)23)14-9-17-16(3-2-8-22-17)19(11-14)26-12-15-5-7-21(24)27-15/h2-4,6,8-11,15,23H,5,7,12H2,1H3/t15-/m1/s1. The number of hydrogen-bond donors (Lipinski definition) is 1. The molecule has 1 atom stereocenters. The Labute approximate surface area is 156 Å². The van der Waals surface area contributed by atoms with Crippen molar-refractivity contribution < 1.29 is 24.1 Å². The van der Waals surface area contributed by atoms with E-state index in [4.69, 9.17) is 14.2 Å². The van der Waals surface area contributed by atoms with Crippen LogP contribution in [0.2, 0.25) is 0 Å². The molecule has 138 valence electrons. The van der Waals surface area contributed by atoms with Crippen molar-refractivity contribution in [3.63, 3.8) is 0 Å². The van der Waals surface area contributed by atoms with E-state index < -0.39 is 0 Å². The fourth-order valence-corrected chi connectivity index (χ4v) is 3.17. The van der Waals surface area contributed by atoms with Gasteiger partial charge in [0.2, 0.25) is 0 Å². The van der Waals surface area contributed by atoms with Gasteiger partial charge in [0, 0.05) is 18.0 Å². The summed E-state index contributed by atoms with van der Waals surface area (Å²) in [5.74, 6) is 0.972. The Balaban J connectivity index is 1.70. The third-order valence-electron chi connectivity index (χ3n) is 4.59. The highest BCUT2D eigenvalue weighted by atomic mass is 16.6. The Hall–Kier alpha value is -3.28. The molecule has 1 saturated heterocycles. The first kappa shape index (κ1) is 17.1. The zero-order chi connectivity index (χ0) is 18.8. The van der Waals surface area contributed by atoms with Gasteiger partial charge >= 0.3 is 5.97 Å². The first-order valence-electron chi connectivity index (χ1n) is 8.72. The molecule has 6 heteroatoms. The summed E-state index contributed by atoms with van der Waals surface area (Å²) >= 11 is 0. The molecule has 1 fully saturated rings. The molecule has 4 rings (SSSR count). The van der Waals surface area contributed by atoms with Crippen LogP contribution in [0.25, 0.3) is 22.0 Å². The summed E-state index contributed by atoms with van der Waals surface area (Å²) in [6, 6.07) is 12.9. The van der Waals surface area contributed by atoms with Crippen molar-refractivity contribution in [2.75, 3.05) is 13.7 Å². The molecule has 0 unspecified atom stereocenters. The molecule has 2 aromatic carbocycles. The number of esters is 1. The Kier molecular flexibility index (Phi) is 4.54. The molecule has 1 aliphatic heterocycles. The lowest BCUT2D eigenvalue weighted by Gasteiger charge is -2.15. The van der Waals surface area contributed by atoms with Crippen molar-refractivity contribution in [3.8, 4) is 28.4 Å². The predicted octanol–water partition coefficient (Wildman–Crippen LogP) is 3.70. The van der Waals surface area contributed by atoms with Crippen LogP contribution < -0.4 is 9.47 Å². The number of rotatable bonds is 5. The van der Waals surface area contributed by atoms with E-state index in [2.05, 4.69) is 4.98 Å². The predicted molar refractivity (Wildman–Crippen MR) is 100 cm³/mol. The second-order valence-corrected chi connectivity index (χ2v) is 6.39. The fourth-order valence-electron chi connectivity index (χ4n) is 3.17. The molecule has 0 radical (unpaired) electrons. The first-order valence-corrected chi connectivity index (χ1v) is 8.72. The monoisotopic (exact) mass is 365 g/mol. The van der Waals surface area contributed by atoms with Crippen LogP contribution in [-0.2, 0) is 9.53 Å². The quantitative estimate of drug-likeness (QED) is 0.695. The second-order valence-electron chi connectivity index (χ2n) is 6.39. The average molecular weight is 365 g/mol. The minimum Gasteiger partial charge on any atom is -0.504 e. The van der Waals surface area contributed by atoms with Crippen LogP contribution in [0.1, 0.15) is 12.8 Å².